The van der Waals surface area contributed by atoms with E-state index < -0.39 is 40.9 Å². The summed E-state index contributed by atoms with van der Waals surface area (Å²) < 4.78 is 44.7. The number of ether oxygens (including phenoxy) is 3. The molecule has 0 saturated heterocycles. The number of hydrogen-bond donors (Lipinski definition) is 1. The number of nitrogens with zero attached hydrogens (tertiary/aromatic N) is 5. The average molecular weight is 567 g/mol. The summed E-state index contributed by atoms with van der Waals surface area (Å²) in [5.41, 5.74) is -1.56. The van der Waals surface area contributed by atoms with Crippen LogP contribution in [0.1, 0.15) is 53.8 Å². The van der Waals surface area contributed by atoms with Crippen molar-refractivity contribution in [2.24, 2.45) is 0 Å². The zero-order valence-corrected chi connectivity index (χ0v) is 23.0. The molecule has 3 rings (SSSR count). The fourth-order valence-corrected chi connectivity index (χ4v) is 3.33. The van der Waals surface area contributed by atoms with Crippen LogP contribution >= 0.6 is 11.6 Å². The number of benzene rings is 1. The van der Waals surface area contributed by atoms with Gasteiger partial charge in [-0.25, -0.2) is 18.6 Å². The van der Waals surface area contributed by atoms with E-state index in [2.05, 4.69) is 25.7 Å². The Bertz CT molecular complexity index is 1310. The van der Waals surface area contributed by atoms with Gasteiger partial charge in [-0.2, -0.15) is 0 Å². The average Bonchev–Trinajstić information content (AvgIpc) is 3.21. The molecule has 0 unspecified atom stereocenters. The van der Waals surface area contributed by atoms with Crippen LogP contribution in [-0.2, 0) is 20.7 Å². The SMILES string of the molecule is CC(C)(C)OC(=O)C[C@H](Cc1nnn(-c2ccc(Oc3ncc(Cl)cc3F)cc2F)n1)NC(=O)OC(C)(C)C. The highest BCUT2D eigenvalue weighted by molar-refractivity contribution is 6.30. The van der Waals surface area contributed by atoms with Crippen molar-refractivity contribution < 1.29 is 32.6 Å². The van der Waals surface area contributed by atoms with E-state index in [4.69, 9.17) is 25.8 Å². The summed E-state index contributed by atoms with van der Waals surface area (Å²) in [7, 11) is 0. The number of alkyl carbamates (subject to hydrolysis) is 1. The molecule has 0 radical (unpaired) electrons. The van der Waals surface area contributed by atoms with Crippen LogP contribution in [0.3, 0.4) is 0 Å². The van der Waals surface area contributed by atoms with Gasteiger partial charge in [0.05, 0.1) is 11.4 Å². The fourth-order valence-electron chi connectivity index (χ4n) is 3.18. The second kappa shape index (κ2) is 11.9. The van der Waals surface area contributed by atoms with Gasteiger partial charge in [-0.3, -0.25) is 4.79 Å². The van der Waals surface area contributed by atoms with Crippen LogP contribution in [0.25, 0.3) is 5.69 Å². The quantitative estimate of drug-likeness (QED) is 0.376. The van der Waals surface area contributed by atoms with Crippen LogP contribution in [0.2, 0.25) is 5.02 Å². The van der Waals surface area contributed by atoms with Gasteiger partial charge in [0, 0.05) is 24.7 Å². The Balaban J connectivity index is 1.75. The molecule has 0 aliphatic carbocycles. The van der Waals surface area contributed by atoms with Crippen molar-refractivity contribution in [3.8, 4) is 17.3 Å². The number of carbonyl (C=O) groups excluding carboxylic acids is 2. The first kappa shape index (κ1) is 29.7. The first-order valence-corrected chi connectivity index (χ1v) is 12.2. The molecule has 0 saturated carbocycles. The van der Waals surface area contributed by atoms with Crippen LogP contribution in [0.5, 0.6) is 11.6 Å². The number of aromatic nitrogens is 5. The molecule has 0 fully saturated rings. The minimum atomic E-state index is -0.810. The lowest BCUT2D eigenvalue weighted by molar-refractivity contribution is -0.155. The van der Waals surface area contributed by atoms with Gasteiger partial charge in [0.25, 0.3) is 5.88 Å². The predicted molar refractivity (Wildman–Crippen MR) is 136 cm³/mol. The smallest absolute Gasteiger partial charge is 0.407 e. The minimum absolute atomic E-state index is 0.0238. The van der Waals surface area contributed by atoms with Gasteiger partial charge in [-0.05, 0) is 65.0 Å². The highest BCUT2D eigenvalue weighted by atomic mass is 35.5. The highest BCUT2D eigenvalue weighted by Crippen LogP contribution is 2.26. The van der Waals surface area contributed by atoms with Gasteiger partial charge in [-0.15, -0.1) is 15.0 Å². The van der Waals surface area contributed by atoms with Crippen molar-refractivity contribution in [1.29, 1.82) is 0 Å². The maximum absolute atomic E-state index is 14.9. The van der Waals surface area contributed by atoms with E-state index in [1.54, 1.807) is 41.5 Å². The van der Waals surface area contributed by atoms with Gasteiger partial charge in [0.15, 0.2) is 17.5 Å². The van der Waals surface area contributed by atoms with E-state index in [0.29, 0.717) is 0 Å². The Morgan fingerprint density at radius 1 is 1.05 bits per heavy atom. The van der Waals surface area contributed by atoms with E-state index in [0.717, 1.165) is 16.9 Å². The lowest BCUT2D eigenvalue weighted by Crippen LogP contribution is -2.42. The molecule has 0 aliphatic heterocycles. The predicted octanol–water partition coefficient (Wildman–Crippen LogP) is 4.95. The topological polar surface area (TPSA) is 130 Å². The molecule has 39 heavy (non-hydrogen) atoms. The van der Waals surface area contributed by atoms with Crippen molar-refractivity contribution in [3.05, 3.63) is 52.9 Å². The molecule has 11 nitrogen and oxygen atoms in total. The van der Waals surface area contributed by atoms with Gasteiger partial charge >= 0.3 is 12.1 Å². The Kier molecular flexibility index (Phi) is 9.05. The molecule has 1 atom stereocenters. The molecule has 0 spiro atoms. The van der Waals surface area contributed by atoms with E-state index >= 15 is 0 Å². The van der Waals surface area contributed by atoms with Crippen molar-refractivity contribution in [1.82, 2.24) is 30.5 Å². The molecule has 2 heterocycles. The number of halogens is 3. The summed E-state index contributed by atoms with van der Waals surface area (Å²) in [6.45, 7) is 10.3. The Labute approximate surface area is 228 Å². The van der Waals surface area contributed by atoms with Crippen LogP contribution in [0.15, 0.2) is 30.5 Å². The molecule has 1 amide bonds. The monoisotopic (exact) mass is 566 g/mol. The Morgan fingerprint density at radius 3 is 2.36 bits per heavy atom. The van der Waals surface area contributed by atoms with Crippen LogP contribution in [0, 0.1) is 11.6 Å². The molecule has 0 aliphatic rings. The van der Waals surface area contributed by atoms with E-state index in [9.17, 15) is 18.4 Å². The number of carbonyl (C=O) groups is 2. The standard InChI is InChI=1S/C25H29ClF2N6O5/c1-24(2,3)38-21(35)11-15(30-23(36)39-25(4,5)6)10-20-31-33-34(32-20)19-8-7-16(12-17(19)27)37-22-18(28)9-14(26)13-29-22/h7-9,12-13,15H,10-11H2,1-6H3,(H,30,36)/t15-/m0/s1. The van der Waals surface area contributed by atoms with E-state index in [-0.39, 0.29) is 41.0 Å². The van der Waals surface area contributed by atoms with E-state index in [1.165, 1.54) is 18.3 Å². The second-order valence-electron chi connectivity index (χ2n) is 10.5. The number of hydrogen-bond acceptors (Lipinski definition) is 9. The lowest BCUT2D eigenvalue weighted by atomic mass is 10.1. The maximum atomic E-state index is 14.9. The van der Waals surface area contributed by atoms with E-state index in [1.807, 2.05) is 0 Å². The number of esters is 1. The third-order valence-electron chi connectivity index (χ3n) is 4.56. The number of pyridine rings is 1. The molecule has 2 aromatic heterocycles. The number of nitrogens with one attached hydrogen (secondary N) is 1. The highest BCUT2D eigenvalue weighted by Gasteiger charge is 2.26. The summed E-state index contributed by atoms with van der Waals surface area (Å²) in [5, 5.41) is 14.7. The third kappa shape index (κ3) is 9.43. The van der Waals surface area contributed by atoms with Crippen molar-refractivity contribution >= 4 is 23.7 Å². The van der Waals surface area contributed by atoms with Crippen LogP contribution in [-0.4, -0.2) is 54.5 Å². The molecule has 14 heteroatoms. The summed E-state index contributed by atoms with van der Waals surface area (Å²) >= 11 is 5.68. The number of rotatable bonds is 8. The summed E-state index contributed by atoms with van der Waals surface area (Å²) in [6.07, 6.45) is 0.236. The van der Waals surface area contributed by atoms with Gasteiger partial charge < -0.3 is 19.5 Å². The first-order valence-electron chi connectivity index (χ1n) is 11.9. The normalized spacial score (nSPS) is 12.5. The zero-order chi connectivity index (χ0) is 29.0. The third-order valence-corrected chi connectivity index (χ3v) is 4.77. The Hall–Kier alpha value is -3.87. The zero-order valence-electron chi connectivity index (χ0n) is 22.3. The number of amides is 1. The number of tetrazole rings is 1. The first-order chi connectivity index (χ1) is 18.1. The van der Waals surface area contributed by atoms with Gasteiger partial charge in [0.1, 0.15) is 22.6 Å². The largest absolute Gasteiger partial charge is 0.460 e. The molecular weight excluding hydrogens is 538 g/mol. The molecule has 3 aromatic rings. The van der Waals surface area contributed by atoms with Gasteiger partial charge in [-0.1, -0.05) is 11.6 Å². The molecule has 0 bridgehead atoms. The van der Waals surface area contributed by atoms with Gasteiger partial charge in [0.2, 0.25) is 0 Å². The van der Waals surface area contributed by atoms with Crippen LogP contribution < -0.4 is 10.1 Å². The molecule has 210 valence electrons. The van der Waals surface area contributed by atoms with Crippen molar-refractivity contribution in [3.63, 3.8) is 0 Å². The van der Waals surface area contributed by atoms with Crippen molar-refractivity contribution in [2.45, 2.75) is 71.6 Å². The minimum Gasteiger partial charge on any atom is -0.460 e. The molecule has 1 N–H and O–H groups in total. The second-order valence-corrected chi connectivity index (χ2v) is 10.9. The summed E-state index contributed by atoms with van der Waals surface area (Å²) in [4.78, 5) is 29.4. The maximum Gasteiger partial charge on any atom is 0.407 e. The molecule has 1 aromatic carbocycles. The van der Waals surface area contributed by atoms with Crippen LogP contribution in [0.4, 0.5) is 13.6 Å². The lowest BCUT2D eigenvalue weighted by Gasteiger charge is -2.24. The summed E-state index contributed by atoms with van der Waals surface area (Å²) in [5.74, 6) is -2.43. The summed E-state index contributed by atoms with van der Waals surface area (Å²) in [6, 6.07) is 3.90. The molecular formula is C25H29ClF2N6O5. The fraction of sp³-hybridized carbons (Fsp3) is 0.440. The van der Waals surface area contributed by atoms with Crippen molar-refractivity contribution in [2.75, 3.05) is 0 Å². The Morgan fingerprint density at radius 2 is 1.74 bits per heavy atom.